The number of rotatable bonds is 2. The highest BCUT2D eigenvalue weighted by atomic mass is 16.3. The highest BCUT2D eigenvalue weighted by molar-refractivity contribution is 4.88. The molecule has 0 aromatic rings. The zero-order valence-corrected chi connectivity index (χ0v) is 10.7. The summed E-state index contributed by atoms with van der Waals surface area (Å²) in [5.74, 6) is 0. The highest BCUT2D eigenvalue weighted by Gasteiger charge is 2.32. The number of likely N-dealkylation sites (N-methyl/N-ethyl adjacent to an activating group) is 1. The minimum absolute atomic E-state index is 0.0744. The van der Waals surface area contributed by atoms with Crippen molar-refractivity contribution < 1.29 is 5.11 Å². The molecule has 1 N–H and O–H groups in total. The van der Waals surface area contributed by atoms with E-state index in [0.717, 1.165) is 13.0 Å². The lowest BCUT2D eigenvalue weighted by atomic mass is 9.89. The standard InChI is InChI=1S/C13H26N2O/c1-14(2)11-6-5-9-15(10-11)12-7-3-4-8-13(12)16/h11-13,16H,3-10H2,1-2H3/t11?,12-,13-/m1/s1. The third-order valence-electron chi connectivity index (χ3n) is 4.32. The lowest BCUT2D eigenvalue weighted by Crippen LogP contribution is -2.53. The summed E-state index contributed by atoms with van der Waals surface area (Å²) in [6.45, 7) is 2.33. The van der Waals surface area contributed by atoms with Crippen molar-refractivity contribution >= 4 is 0 Å². The molecule has 94 valence electrons. The van der Waals surface area contributed by atoms with Gasteiger partial charge in [-0.05, 0) is 46.3 Å². The SMILES string of the molecule is CN(C)C1CCCN([C@@H]2CCCC[C@H]2O)C1. The molecule has 2 fully saturated rings. The van der Waals surface area contributed by atoms with Gasteiger partial charge in [-0.3, -0.25) is 4.90 Å². The maximum atomic E-state index is 10.1. The Hall–Kier alpha value is -0.120. The maximum absolute atomic E-state index is 10.1. The van der Waals surface area contributed by atoms with Crippen LogP contribution in [-0.2, 0) is 0 Å². The smallest absolute Gasteiger partial charge is 0.0695 e. The lowest BCUT2D eigenvalue weighted by molar-refractivity contribution is -0.00445. The van der Waals surface area contributed by atoms with Crippen molar-refractivity contribution in [2.24, 2.45) is 0 Å². The van der Waals surface area contributed by atoms with E-state index in [9.17, 15) is 5.11 Å². The van der Waals surface area contributed by atoms with E-state index in [1.54, 1.807) is 0 Å². The number of aliphatic hydroxyl groups is 1. The molecule has 1 aliphatic heterocycles. The molecule has 1 heterocycles. The minimum atomic E-state index is -0.0744. The summed E-state index contributed by atoms with van der Waals surface area (Å²) in [6.07, 6.45) is 7.23. The average molecular weight is 226 g/mol. The van der Waals surface area contributed by atoms with Crippen LogP contribution in [0.2, 0.25) is 0 Å². The Morgan fingerprint density at radius 3 is 2.50 bits per heavy atom. The number of aliphatic hydroxyl groups excluding tert-OH is 1. The topological polar surface area (TPSA) is 26.7 Å². The summed E-state index contributed by atoms with van der Waals surface area (Å²) in [6, 6.07) is 1.12. The Balaban J connectivity index is 1.92. The summed E-state index contributed by atoms with van der Waals surface area (Å²) in [5.41, 5.74) is 0. The van der Waals surface area contributed by atoms with Gasteiger partial charge in [0.15, 0.2) is 0 Å². The zero-order chi connectivity index (χ0) is 11.5. The van der Waals surface area contributed by atoms with Crippen LogP contribution in [-0.4, -0.2) is 60.3 Å². The Morgan fingerprint density at radius 1 is 1.06 bits per heavy atom. The van der Waals surface area contributed by atoms with Crippen LogP contribution in [0.3, 0.4) is 0 Å². The molecule has 1 saturated heterocycles. The molecule has 3 atom stereocenters. The average Bonchev–Trinajstić information content (AvgIpc) is 2.30. The molecule has 3 heteroatoms. The third kappa shape index (κ3) is 2.76. The van der Waals surface area contributed by atoms with E-state index < -0.39 is 0 Å². The highest BCUT2D eigenvalue weighted by Crippen LogP contribution is 2.26. The molecule has 1 unspecified atom stereocenters. The van der Waals surface area contributed by atoms with Crippen LogP contribution in [0, 0.1) is 0 Å². The molecule has 3 nitrogen and oxygen atoms in total. The van der Waals surface area contributed by atoms with E-state index in [4.69, 9.17) is 0 Å². The molecule has 0 radical (unpaired) electrons. The van der Waals surface area contributed by atoms with Crippen molar-refractivity contribution in [3.05, 3.63) is 0 Å². The van der Waals surface area contributed by atoms with Crippen molar-refractivity contribution in [2.75, 3.05) is 27.2 Å². The first-order chi connectivity index (χ1) is 7.68. The summed E-state index contributed by atoms with van der Waals surface area (Å²) in [7, 11) is 4.34. The van der Waals surface area contributed by atoms with Crippen LogP contribution in [0.1, 0.15) is 38.5 Å². The zero-order valence-electron chi connectivity index (χ0n) is 10.7. The van der Waals surface area contributed by atoms with E-state index in [-0.39, 0.29) is 6.10 Å². The van der Waals surface area contributed by atoms with E-state index in [1.807, 2.05) is 0 Å². The van der Waals surface area contributed by atoms with Gasteiger partial charge >= 0.3 is 0 Å². The van der Waals surface area contributed by atoms with Crippen molar-refractivity contribution in [2.45, 2.75) is 56.7 Å². The number of nitrogens with zero attached hydrogens (tertiary/aromatic N) is 2. The molecule has 0 aromatic heterocycles. The summed E-state index contributed by atoms with van der Waals surface area (Å²) in [4.78, 5) is 4.87. The fourth-order valence-corrected chi connectivity index (χ4v) is 3.22. The molecule has 1 aliphatic carbocycles. The van der Waals surface area contributed by atoms with Gasteiger partial charge in [-0.1, -0.05) is 12.8 Å². The monoisotopic (exact) mass is 226 g/mol. The largest absolute Gasteiger partial charge is 0.391 e. The normalized spacial score (nSPS) is 37.9. The van der Waals surface area contributed by atoms with Gasteiger partial charge in [0.05, 0.1) is 6.10 Å². The fraction of sp³-hybridized carbons (Fsp3) is 1.00. The Kier molecular flexibility index (Phi) is 4.22. The van der Waals surface area contributed by atoms with Gasteiger partial charge in [-0.2, -0.15) is 0 Å². The van der Waals surface area contributed by atoms with E-state index in [1.165, 1.54) is 38.6 Å². The minimum Gasteiger partial charge on any atom is -0.391 e. The van der Waals surface area contributed by atoms with Gasteiger partial charge in [-0.25, -0.2) is 0 Å². The lowest BCUT2D eigenvalue weighted by Gasteiger charge is -2.43. The maximum Gasteiger partial charge on any atom is 0.0695 e. The van der Waals surface area contributed by atoms with Gasteiger partial charge < -0.3 is 10.0 Å². The number of likely N-dealkylation sites (tertiary alicyclic amines) is 1. The van der Waals surface area contributed by atoms with Crippen LogP contribution in [0.15, 0.2) is 0 Å². The van der Waals surface area contributed by atoms with Crippen molar-refractivity contribution in [3.63, 3.8) is 0 Å². The predicted octanol–water partition coefficient (Wildman–Crippen LogP) is 1.32. The molecule has 16 heavy (non-hydrogen) atoms. The summed E-state index contributed by atoms with van der Waals surface area (Å²) >= 11 is 0. The van der Waals surface area contributed by atoms with Crippen molar-refractivity contribution in [1.82, 2.24) is 9.80 Å². The summed E-state index contributed by atoms with van der Waals surface area (Å²) < 4.78 is 0. The van der Waals surface area contributed by atoms with Gasteiger partial charge in [0, 0.05) is 18.6 Å². The number of hydrogen-bond donors (Lipinski definition) is 1. The van der Waals surface area contributed by atoms with Crippen LogP contribution in [0.5, 0.6) is 0 Å². The molecule has 0 aromatic carbocycles. The molecule has 0 spiro atoms. The third-order valence-corrected chi connectivity index (χ3v) is 4.32. The van der Waals surface area contributed by atoms with Gasteiger partial charge in [0.25, 0.3) is 0 Å². The Morgan fingerprint density at radius 2 is 1.81 bits per heavy atom. The van der Waals surface area contributed by atoms with E-state index in [2.05, 4.69) is 23.9 Å². The molecular formula is C13H26N2O. The molecule has 1 saturated carbocycles. The Bertz CT molecular complexity index is 220. The Labute approximate surface area is 99.4 Å². The fourth-order valence-electron chi connectivity index (χ4n) is 3.22. The van der Waals surface area contributed by atoms with E-state index in [0.29, 0.717) is 12.1 Å². The van der Waals surface area contributed by atoms with Crippen LogP contribution >= 0.6 is 0 Å². The van der Waals surface area contributed by atoms with Gasteiger partial charge in [0.2, 0.25) is 0 Å². The van der Waals surface area contributed by atoms with Crippen LogP contribution in [0.4, 0.5) is 0 Å². The molecule has 0 bridgehead atoms. The van der Waals surface area contributed by atoms with Gasteiger partial charge in [0.1, 0.15) is 0 Å². The second-order valence-electron chi connectivity index (χ2n) is 5.67. The number of hydrogen-bond acceptors (Lipinski definition) is 3. The first-order valence-electron chi connectivity index (χ1n) is 6.77. The van der Waals surface area contributed by atoms with Crippen LogP contribution < -0.4 is 0 Å². The van der Waals surface area contributed by atoms with Gasteiger partial charge in [-0.15, -0.1) is 0 Å². The quantitative estimate of drug-likeness (QED) is 0.769. The second kappa shape index (κ2) is 5.48. The molecule has 2 aliphatic rings. The van der Waals surface area contributed by atoms with Crippen molar-refractivity contribution in [1.29, 1.82) is 0 Å². The molecule has 2 rings (SSSR count). The molecular weight excluding hydrogens is 200 g/mol. The predicted molar refractivity (Wildman–Crippen MR) is 66.5 cm³/mol. The number of piperidine rings is 1. The molecule has 0 amide bonds. The van der Waals surface area contributed by atoms with Crippen LogP contribution in [0.25, 0.3) is 0 Å². The first-order valence-corrected chi connectivity index (χ1v) is 6.77. The summed E-state index contributed by atoms with van der Waals surface area (Å²) in [5, 5.41) is 10.1. The second-order valence-corrected chi connectivity index (χ2v) is 5.67. The first kappa shape index (κ1) is 12.3. The van der Waals surface area contributed by atoms with Crippen molar-refractivity contribution in [3.8, 4) is 0 Å². The van der Waals surface area contributed by atoms with E-state index >= 15 is 0 Å².